The maximum atomic E-state index is 13.9. The number of H-pyrrole nitrogens is 2. The number of aromatic amines is 2. The van der Waals surface area contributed by atoms with Gasteiger partial charge in [0.05, 0.1) is 41.8 Å². The molecule has 12 heteroatoms. The molecule has 2 aromatic carbocycles. The number of ether oxygens (including phenoxy) is 1. The van der Waals surface area contributed by atoms with Crippen LogP contribution in [-0.4, -0.2) is 90.4 Å². The first kappa shape index (κ1) is 39.8. The fraction of sp³-hybridized carbons (Fsp3) is 0.543. The van der Waals surface area contributed by atoms with E-state index in [1.165, 1.54) is 0 Å². The van der Waals surface area contributed by atoms with Crippen molar-refractivity contribution in [3.05, 3.63) is 72.6 Å². The molecule has 4 fully saturated rings. The Labute approximate surface area is 342 Å². The largest absolute Gasteiger partial charge is 0.443 e. The Morgan fingerprint density at radius 1 is 0.707 bits per heavy atom. The van der Waals surface area contributed by atoms with Crippen molar-refractivity contribution in [2.45, 2.75) is 122 Å². The van der Waals surface area contributed by atoms with Gasteiger partial charge in [0.2, 0.25) is 11.8 Å². The summed E-state index contributed by atoms with van der Waals surface area (Å²) in [6.07, 6.45) is 13.9. The van der Waals surface area contributed by atoms with E-state index in [1.54, 1.807) is 0 Å². The SMILES string of the molecule is CCN(CC)[C@H]1CC[C@@H](C(=O)N2CCCC2c2ncc(-c3ccc(-c4ccc(-c5cnc(C6CCCN6C(=O)[C@H]6CCCC[C@@]6(C)OC(N)=O)[nH]5)cc4)cc3)[nH]2)CC1. The van der Waals surface area contributed by atoms with E-state index in [0.29, 0.717) is 31.3 Å². The second-order valence-corrected chi connectivity index (χ2v) is 17.2. The number of primary amides is 1. The van der Waals surface area contributed by atoms with Crippen molar-refractivity contribution >= 4 is 17.9 Å². The quantitative estimate of drug-likeness (QED) is 0.138. The smallest absolute Gasteiger partial charge is 0.405 e. The number of nitrogens with zero attached hydrogens (tertiary/aromatic N) is 5. The van der Waals surface area contributed by atoms with Crippen LogP contribution in [0.1, 0.15) is 122 Å². The summed E-state index contributed by atoms with van der Waals surface area (Å²) in [4.78, 5) is 62.6. The van der Waals surface area contributed by atoms with Gasteiger partial charge in [-0.25, -0.2) is 14.8 Å². The van der Waals surface area contributed by atoms with Gasteiger partial charge in [0.15, 0.2) is 0 Å². The number of carbonyl (C=O) groups is 3. The van der Waals surface area contributed by atoms with E-state index >= 15 is 0 Å². The van der Waals surface area contributed by atoms with E-state index in [2.05, 4.69) is 82.1 Å². The molecule has 2 saturated heterocycles. The van der Waals surface area contributed by atoms with Crippen molar-refractivity contribution in [2.75, 3.05) is 26.2 Å². The first-order valence-electron chi connectivity index (χ1n) is 21.8. The number of imidazole rings is 2. The van der Waals surface area contributed by atoms with Gasteiger partial charge in [-0.3, -0.25) is 9.59 Å². The van der Waals surface area contributed by atoms with E-state index < -0.39 is 17.6 Å². The highest BCUT2D eigenvalue weighted by molar-refractivity contribution is 5.82. The second-order valence-electron chi connectivity index (χ2n) is 17.2. The summed E-state index contributed by atoms with van der Waals surface area (Å²) in [5, 5.41) is 0. The van der Waals surface area contributed by atoms with Crippen molar-refractivity contribution in [2.24, 2.45) is 17.6 Å². The maximum absolute atomic E-state index is 13.9. The van der Waals surface area contributed by atoms with Crippen LogP contribution >= 0.6 is 0 Å². The Kier molecular flexibility index (Phi) is 11.7. The average molecular weight is 789 g/mol. The number of benzene rings is 2. The molecule has 0 radical (unpaired) electrons. The Balaban J connectivity index is 0.890. The molecule has 0 spiro atoms. The van der Waals surface area contributed by atoms with Crippen LogP contribution in [0.4, 0.5) is 4.79 Å². The Morgan fingerprint density at radius 2 is 1.21 bits per heavy atom. The molecule has 2 aliphatic carbocycles. The van der Waals surface area contributed by atoms with E-state index in [4.69, 9.17) is 20.4 Å². The minimum absolute atomic E-state index is 0.00705. The summed E-state index contributed by atoms with van der Waals surface area (Å²) in [5.41, 5.74) is 10.7. The van der Waals surface area contributed by atoms with Crippen LogP contribution in [0, 0.1) is 11.8 Å². The molecule has 2 saturated carbocycles. The zero-order valence-corrected chi connectivity index (χ0v) is 34.4. The van der Waals surface area contributed by atoms with Gasteiger partial charge in [0, 0.05) is 25.0 Å². The molecule has 2 unspecified atom stereocenters. The van der Waals surface area contributed by atoms with E-state index in [9.17, 15) is 14.4 Å². The highest BCUT2D eigenvalue weighted by Crippen LogP contribution is 2.42. The number of hydrogen-bond acceptors (Lipinski definition) is 7. The van der Waals surface area contributed by atoms with Gasteiger partial charge in [-0.05, 0) is 113 Å². The van der Waals surface area contributed by atoms with Crippen LogP contribution < -0.4 is 5.73 Å². The van der Waals surface area contributed by atoms with E-state index in [-0.39, 0.29) is 23.9 Å². The van der Waals surface area contributed by atoms with Crippen LogP contribution in [0.15, 0.2) is 60.9 Å². The highest BCUT2D eigenvalue weighted by atomic mass is 16.6. The van der Waals surface area contributed by atoms with Crippen molar-refractivity contribution in [3.63, 3.8) is 0 Å². The molecular weight excluding hydrogens is 729 g/mol. The van der Waals surface area contributed by atoms with Crippen molar-refractivity contribution < 1.29 is 19.1 Å². The van der Waals surface area contributed by atoms with Gasteiger partial charge < -0.3 is 35.1 Å². The average Bonchev–Trinajstić information content (AvgIpc) is 4.08. The lowest BCUT2D eigenvalue weighted by atomic mass is 9.75. The van der Waals surface area contributed by atoms with Gasteiger partial charge in [0.25, 0.3) is 0 Å². The number of rotatable bonds is 11. The molecule has 12 nitrogen and oxygen atoms in total. The molecule has 4 aliphatic rings. The number of carbonyl (C=O) groups excluding carboxylic acids is 3. The van der Waals surface area contributed by atoms with Gasteiger partial charge in [-0.15, -0.1) is 0 Å². The predicted molar refractivity (Wildman–Crippen MR) is 224 cm³/mol. The molecule has 0 bridgehead atoms. The van der Waals surface area contributed by atoms with Crippen LogP contribution in [0.25, 0.3) is 33.6 Å². The van der Waals surface area contributed by atoms with Gasteiger partial charge >= 0.3 is 6.09 Å². The first-order chi connectivity index (χ1) is 28.2. The third kappa shape index (κ3) is 8.04. The molecule has 308 valence electrons. The molecule has 2 aliphatic heterocycles. The predicted octanol–water partition coefficient (Wildman–Crippen LogP) is 8.41. The Hall–Kier alpha value is -4.97. The van der Waals surface area contributed by atoms with Crippen LogP contribution in [0.2, 0.25) is 0 Å². The van der Waals surface area contributed by atoms with Crippen molar-refractivity contribution in [1.29, 1.82) is 0 Å². The second kappa shape index (κ2) is 17.1. The fourth-order valence-corrected chi connectivity index (χ4v) is 10.5. The summed E-state index contributed by atoms with van der Waals surface area (Å²) in [7, 11) is 0. The minimum atomic E-state index is -0.891. The third-order valence-corrected chi connectivity index (χ3v) is 13.8. The highest BCUT2D eigenvalue weighted by Gasteiger charge is 2.48. The molecular formula is C46H60N8O4. The van der Waals surface area contributed by atoms with E-state index in [1.807, 2.05) is 24.2 Å². The molecule has 4 heterocycles. The number of nitrogens with two attached hydrogens (primary N) is 1. The number of nitrogens with one attached hydrogen (secondary N) is 2. The van der Waals surface area contributed by atoms with Gasteiger partial charge in [-0.2, -0.15) is 0 Å². The summed E-state index contributed by atoms with van der Waals surface area (Å²) in [5.74, 6) is 1.69. The molecule has 4 N–H and O–H groups in total. The zero-order chi connectivity index (χ0) is 40.4. The lowest BCUT2D eigenvalue weighted by Gasteiger charge is -2.41. The Bertz CT molecular complexity index is 2050. The standard InChI is InChI=1S/C46H60N8O4/c1-4-52(5-2)35-23-21-34(22-24-35)43(55)53-26-8-11-39(53)41-48-28-37(50-41)32-17-13-30(14-18-32)31-15-19-33(20-16-31)38-29-49-42(51-38)40-12-9-27-54(40)44(56)36-10-6-7-25-46(36,3)58-45(47)57/h13-20,28-29,34-36,39-40H,4-12,21-27H2,1-3H3,(H2,47,57)(H,48,50)(H,49,51)/t34-,35+,36-,39?,40?,46-/m1/s1. The van der Waals surface area contributed by atoms with E-state index in [0.717, 1.165) is 129 Å². The summed E-state index contributed by atoms with van der Waals surface area (Å²) >= 11 is 0. The number of hydrogen-bond donors (Lipinski definition) is 3. The molecule has 3 amide bonds. The van der Waals surface area contributed by atoms with Gasteiger partial charge in [-0.1, -0.05) is 68.8 Å². The fourth-order valence-electron chi connectivity index (χ4n) is 10.5. The lowest BCUT2D eigenvalue weighted by molar-refractivity contribution is -0.148. The monoisotopic (exact) mass is 788 g/mol. The zero-order valence-electron chi connectivity index (χ0n) is 34.4. The molecule has 58 heavy (non-hydrogen) atoms. The summed E-state index contributed by atoms with van der Waals surface area (Å²) in [6, 6.07) is 17.4. The van der Waals surface area contributed by atoms with Crippen LogP contribution in [-0.2, 0) is 14.3 Å². The molecule has 2 aromatic heterocycles. The van der Waals surface area contributed by atoms with Crippen LogP contribution in [0.5, 0.6) is 0 Å². The number of amides is 3. The Morgan fingerprint density at radius 3 is 1.71 bits per heavy atom. The first-order valence-corrected chi connectivity index (χ1v) is 21.8. The lowest BCUT2D eigenvalue weighted by Crippen LogP contribution is -2.51. The maximum Gasteiger partial charge on any atom is 0.405 e. The van der Waals surface area contributed by atoms with Crippen LogP contribution in [0.3, 0.4) is 0 Å². The third-order valence-electron chi connectivity index (χ3n) is 13.8. The summed E-state index contributed by atoms with van der Waals surface area (Å²) < 4.78 is 5.55. The van der Waals surface area contributed by atoms with Crippen molar-refractivity contribution in [1.82, 2.24) is 34.6 Å². The van der Waals surface area contributed by atoms with Crippen molar-refractivity contribution in [3.8, 4) is 33.6 Å². The molecule has 8 rings (SSSR count). The number of likely N-dealkylation sites (tertiary alicyclic amines) is 2. The number of aromatic nitrogens is 4. The van der Waals surface area contributed by atoms with Gasteiger partial charge in [0.1, 0.15) is 17.2 Å². The molecule has 4 atom stereocenters. The minimum Gasteiger partial charge on any atom is -0.443 e. The molecule has 4 aromatic rings. The summed E-state index contributed by atoms with van der Waals surface area (Å²) in [6.45, 7) is 9.92. The normalized spacial score (nSPS) is 26.3. The topological polar surface area (TPSA) is 154 Å².